The number of rotatable bonds is 5. The highest BCUT2D eigenvalue weighted by atomic mass is 16.4. The Morgan fingerprint density at radius 1 is 1.40 bits per heavy atom. The molecule has 6 nitrogen and oxygen atoms in total. The second-order valence-electron chi connectivity index (χ2n) is 6.51. The number of likely N-dealkylation sites (tertiary alicyclic amines) is 1. The average Bonchev–Trinajstić information content (AvgIpc) is 3.14. The first kappa shape index (κ1) is 15.1. The number of amides is 2. The van der Waals surface area contributed by atoms with Crippen molar-refractivity contribution in [2.45, 2.75) is 31.7 Å². The number of carboxylic acids is 1. The Bertz CT molecular complexity index is 397. The Morgan fingerprint density at radius 3 is 2.50 bits per heavy atom. The number of carbonyl (C=O) groups excluding carboxylic acids is 1. The van der Waals surface area contributed by atoms with Gasteiger partial charge in [-0.15, -0.1) is 0 Å². The van der Waals surface area contributed by atoms with Crippen LogP contribution in [-0.4, -0.2) is 66.2 Å². The van der Waals surface area contributed by atoms with Crippen LogP contribution in [0.3, 0.4) is 0 Å². The molecule has 2 aliphatic rings. The van der Waals surface area contributed by atoms with E-state index in [0.717, 1.165) is 32.4 Å². The number of hydrogen-bond donors (Lipinski definition) is 2. The number of carbonyl (C=O) groups is 2. The number of nitrogens with zero attached hydrogens (tertiary/aromatic N) is 2. The lowest BCUT2D eigenvalue weighted by Gasteiger charge is -2.30. The van der Waals surface area contributed by atoms with Crippen LogP contribution in [0.25, 0.3) is 0 Å². The molecule has 1 saturated heterocycles. The Hall–Kier alpha value is -1.30. The first-order valence-electron chi connectivity index (χ1n) is 7.28. The minimum absolute atomic E-state index is 0.0648. The molecular formula is C14H25N3O3. The molecule has 6 heteroatoms. The summed E-state index contributed by atoms with van der Waals surface area (Å²) < 4.78 is 0. The normalized spacial score (nSPS) is 26.1. The zero-order valence-electron chi connectivity index (χ0n) is 12.6. The third-order valence-corrected chi connectivity index (χ3v) is 4.57. The number of carboxylic acid groups (broad SMARTS) is 1. The van der Waals surface area contributed by atoms with Gasteiger partial charge in [0.1, 0.15) is 5.54 Å². The molecule has 2 fully saturated rings. The van der Waals surface area contributed by atoms with Gasteiger partial charge in [-0.05, 0) is 51.6 Å². The van der Waals surface area contributed by atoms with E-state index >= 15 is 0 Å². The van der Waals surface area contributed by atoms with Crippen molar-refractivity contribution < 1.29 is 14.7 Å². The Balaban J connectivity index is 1.88. The zero-order valence-corrected chi connectivity index (χ0v) is 12.6. The third kappa shape index (κ3) is 3.23. The summed E-state index contributed by atoms with van der Waals surface area (Å²) in [5, 5.41) is 12.1. The van der Waals surface area contributed by atoms with E-state index in [1.54, 1.807) is 18.9 Å². The first-order valence-corrected chi connectivity index (χ1v) is 7.28. The smallest absolute Gasteiger partial charge is 0.329 e. The van der Waals surface area contributed by atoms with Crippen molar-refractivity contribution in [2.24, 2.45) is 11.8 Å². The zero-order chi connectivity index (χ0) is 14.9. The fraction of sp³-hybridized carbons (Fsp3) is 0.857. The average molecular weight is 283 g/mol. The number of urea groups is 1. The monoisotopic (exact) mass is 283 g/mol. The molecule has 2 N–H and O–H groups in total. The summed E-state index contributed by atoms with van der Waals surface area (Å²) in [4.78, 5) is 27.5. The lowest BCUT2D eigenvalue weighted by atomic mass is 9.96. The topological polar surface area (TPSA) is 72.9 Å². The van der Waals surface area contributed by atoms with Gasteiger partial charge in [0.15, 0.2) is 0 Å². The van der Waals surface area contributed by atoms with Crippen LogP contribution in [0.4, 0.5) is 4.79 Å². The number of nitrogens with one attached hydrogen (secondary N) is 1. The number of aliphatic carboxylic acids is 1. The highest BCUT2D eigenvalue weighted by Crippen LogP contribution is 2.39. The Labute approximate surface area is 120 Å². The maximum Gasteiger partial charge on any atom is 0.329 e. The van der Waals surface area contributed by atoms with Gasteiger partial charge in [0.05, 0.1) is 0 Å². The van der Waals surface area contributed by atoms with Crippen LogP contribution in [0.15, 0.2) is 0 Å². The van der Waals surface area contributed by atoms with E-state index < -0.39 is 11.5 Å². The van der Waals surface area contributed by atoms with E-state index in [9.17, 15) is 14.7 Å². The van der Waals surface area contributed by atoms with Gasteiger partial charge in [-0.3, -0.25) is 0 Å². The van der Waals surface area contributed by atoms with Crippen LogP contribution in [-0.2, 0) is 4.79 Å². The van der Waals surface area contributed by atoms with E-state index in [-0.39, 0.29) is 11.9 Å². The van der Waals surface area contributed by atoms with Crippen LogP contribution in [0.2, 0.25) is 0 Å². The molecule has 0 bridgehead atoms. The molecule has 0 radical (unpaired) electrons. The highest BCUT2D eigenvalue weighted by Gasteiger charge is 2.49. The molecule has 1 heterocycles. The molecule has 20 heavy (non-hydrogen) atoms. The summed E-state index contributed by atoms with van der Waals surface area (Å²) in [5.41, 5.74) is -1.13. The molecule has 114 valence electrons. The summed E-state index contributed by atoms with van der Waals surface area (Å²) in [6.07, 6.45) is 2.84. The second-order valence-corrected chi connectivity index (χ2v) is 6.51. The minimum atomic E-state index is -1.13. The van der Waals surface area contributed by atoms with E-state index in [1.165, 1.54) is 0 Å². The molecule has 0 aromatic rings. The molecule has 0 spiro atoms. The molecule has 0 aromatic heterocycles. The van der Waals surface area contributed by atoms with E-state index in [0.29, 0.717) is 12.5 Å². The van der Waals surface area contributed by atoms with Crippen molar-refractivity contribution in [1.29, 1.82) is 0 Å². The lowest BCUT2D eigenvalue weighted by molar-refractivity contribution is -0.144. The largest absolute Gasteiger partial charge is 0.480 e. The summed E-state index contributed by atoms with van der Waals surface area (Å²) in [7, 11) is 3.82. The highest BCUT2D eigenvalue weighted by molar-refractivity contribution is 5.86. The van der Waals surface area contributed by atoms with Crippen LogP contribution in [0, 0.1) is 11.8 Å². The van der Waals surface area contributed by atoms with Gasteiger partial charge < -0.3 is 20.2 Å². The van der Waals surface area contributed by atoms with Crippen molar-refractivity contribution in [3.8, 4) is 0 Å². The van der Waals surface area contributed by atoms with E-state index in [4.69, 9.17) is 0 Å². The summed E-state index contributed by atoms with van der Waals surface area (Å²) in [6.45, 7) is 4.35. The quantitative estimate of drug-likeness (QED) is 0.784. The SMILES string of the molecule is CN1CCC(CN(C)C(=O)NC(C)(C(=O)O)C2CC2)C1. The van der Waals surface area contributed by atoms with Crippen LogP contribution in [0.1, 0.15) is 26.2 Å². The fourth-order valence-corrected chi connectivity index (χ4v) is 2.95. The molecule has 1 saturated carbocycles. The summed E-state index contributed by atoms with van der Waals surface area (Å²) >= 11 is 0. The van der Waals surface area contributed by atoms with Crippen LogP contribution >= 0.6 is 0 Å². The molecule has 2 atom stereocenters. The minimum Gasteiger partial charge on any atom is -0.480 e. The fourth-order valence-electron chi connectivity index (χ4n) is 2.95. The van der Waals surface area contributed by atoms with Gasteiger partial charge in [0.2, 0.25) is 0 Å². The maximum absolute atomic E-state index is 12.2. The van der Waals surface area contributed by atoms with Crippen LogP contribution < -0.4 is 5.32 Å². The van der Waals surface area contributed by atoms with E-state index in [1.807, 2.05) is 0 Å². The maximum atomic E-state index is 12.2. The second kappa shape index (κ2) is 5.60. The summed E-state index contributed by atoms with van der Waals surface area (Å²) in [6, 6.07) is -0.281. The molecule has 0 aromatic carbocycles. The van der Waals surface area contributed by atoms with Crippen LogP contribution in [0.5, 0.6) is 0 Å². The van der Waals surface area contributed by atoms with Gasteiger partial charge in [-0.1, -0.05) is 0 Å². The standard InChI is InChI=1S/C14H25N3O3/c1-14(12(18)19,11-4-5-11)15-13(20)17(3)9-10-6-7-16(2)8-10/h10-11H,4-9H2,1-3H3,(H,15,20)(H,18,19). The predicted octanol–water partition coefficient (Wildman–Crippen LogP) is 0.833. The molecule has 1 aliphatic heterocycles. The van der Waals surface area contributed by atoms with Crippen molar-refractivity contribution in [3.05, 3.63) is 0 Å². The van der Waals surface area contributed by atoms with Gasteiger partial charge in [0.25, 0.3) is 0 Å². The van der Waals surface area contributed by atoms with Crippen molar-refractivity contribution in [2.75, 3.05) is 33.7 Å². The molecule has 2 rings (SSSR count). The van der Waals surface area contributed by atoms with Gasteiger partial charge in [-0.25, -0.2) is 9.59 Å². The molecule has 2 unspecified atom stereocenters. The van der Waals surface area contributed by atoms with Gasteiger partial charge in [0, 0.05) is 20.1 Å². The summed E-state index contributed by atoms with van der Waals surface area (Å²) in [5.74, 6) is -0.398. The first-order chi connectivity index (χ1) is 9.33. The van der Waals surface area contributed by atoms with Crippen molar-refractivity contribution >= 4 is 12.0 Å². The Morgan fingerprint density at radius 2 is 2.05 bits per heavy atom. The number of hydrogen-bond acceptors (Lipinski definition) is 3. The predicted molar refractivity (Wildman–Crippen MR) is 75.5 cm³/mol. The third-order valence-electron chi connectivity index (χ3n) is 4.57. The van der Waals surface area contributed by atoms with Crippen molar-refractivity contribution in [3.63, 3.8) is 0 Å². The van der Waals surface area contributed by atoms with Gasteiger partial charge >= 0.3 is 12.0 Å². The van der Waals surface area contributed by atoms with Crippen molar-refractivity contribution in [1.82, 2.24) is 15.1 Å². The molecule has 2 amide bonds. The molecular weight excluding hydrogens is 258 g/mol. The molecule has 1 aliphatic carbocycles. The Kier molecular flexibility index (Phi) is 4.22. The lowest BCUT2D eigenvalue weighted by Crippen LogP contribution is -2.57. The van der Waals surface area contributed by atoms with E-state index in [2.05, 4.69) is 17.3 Å². The van der Waals surface area contributed by atoms with Gasteiger partial charge in [-0.2, -0.15) is 0 Å².